The number of aliphatic hydroxyl groups is 1. The number of hydrogen-bond acceptors (Lipinski definition) is 1. The number of hydrogen-bond donors (Lipinski definition) is 1. The van der Waals surface area contributed by atoms with Crippen molar-refractivity contribution in [1.82, 2.24) is 0 Å². The van der Waals surface area contributed by atoms with Crippen LogP contribution < -0.4 is 0 Å². The Hall–Kier alpha value is 1.79. The van der Waals surface area contributed by atoms with Gasteiger partial charge in [0.2, 0.25) is 8.13 Å². The van der Waals surface area contributed by atoms with Crippen LogP contribution in [0.25, 0.3) is 0 Å². The maximum Gasteiger partial charge on any atom is 0.226 e. The molecule has 0 spiro atoms. The fourth-order valence-corrected chi connectivity index (χ4v) is 3.86. The molecular formula is C13H11Cl9O. The van der Waals surface area contributed by atoms with Gasteiger partial charge >= 0.3 is 0 Å². The van der Waals surface area contributed by atoms with E-state index in [2.05, 4.69) is 0 Å². The van der Waals surface area contributed by atoms with Gasteiger partial charge in [0.25, 0.3) is 0 Å². The lowest BCUT2D eigenvalue weighted by molar-refractivity contribution is 0.0785. The molecule has 0 heterocycles. The summed E-state index contributed by atoms with van der Waals surface area (Å²) in [6.45, 7) is 3.17. The molecule has 1 aromatic carbocycles. The van der Waals surface area contributed by atoms with Crippen molar-refractivity contribution in [2.24, 2.45) is 0 Å². The van der Waals surface area contributed by atoms with Gasteiger partial charge in [0.15, 0.2) is 8.67 Å². The fraction of sp³-hybridized carbons (Fsp3) is 0.538. The zero-order valence-corrected chi connectivity index (χ0v) is 18.5. The lowest BCUT2D eigenvalue weighted by Gasteiger charge is -2.44. The van der Waals surface area contributed by atoms with Gasteiger partial charge in [-0.25, -0.2) is 0 Å². The van der Waals surface area contributed by atoms with E-state index >= 15 is 0 Å². The molecule has 1 nitrogen and oxygen atoms in total. The smallest absolute Gasteiger partial charge is 0.226 e. The summed E-state index contributed by atoms with van der Waals surface area (Å²) in [7, 11) is 0. The maximum absolute atomic E-state index is 10.1. The van der Waals surface area contributed by atoms with Gasteiger partial charge in [-0.15, -0.1) is 0 Å². The zero-order valence-electron chi connectivity index (χ0n) is 11.7. The molecule has 0 aliphatic heterocycles. The van der Waals surface area contributed by atoms with Crippen LogP contribution in [-0.4, -0.2) is 17.6 Å². The molecule has 0 aromatic heterocycles. The molecule has 10 heteroatoms. The Kier molecular flexibility index (Phi) is 7.02. The third kappa shape index (κ3) is 4.38. The molecule has 0 radical (unpaired) electrons. The SMILES string of the molecule is CC(C)(O)c1cccc(C(Cl)(Cl)C(Cl)(Cl)C(Cl)(Cl)C(Cl)(Cl)Cl)c1. The van der Waals surface area contributed by atoms with Gasteiger partial charge in [0, 0.05) is 0 Å². The van der Waals surface area contributed by atoms with Gasteiger partial charge in [0.1, 0.15) is 0 Å². The fourth-order valence-electron chi connectivity index (χ4n) is 1.65. The monoisotopic (exact) mass is 498 g/mol. The molecule has 1 aromatic rings. The van der Waals surface area contributed by atoms with E-state index in [1.807, 2.05) is 0 Å². The first-order valence-corrected chi connectivity index (χ1v) is 9.40. The zero-order chi connectivity index (χ0) is 18.5. The van der Waals surface area contributed by atoms with E-state index < -0.39 is 22.4 Å². The van der Waals surface area contributed by atoms with Crippen molar-refractivity contribution >= 4 is 104 Å². The molecule has 0 saturated heterocycles. The molecule has 0 amide bonds. The van der Waals surface area contributed by atoms with Gasteiger partial charge in [-0.05, 0) is 31.0 Å². The van der Waals surface area contributed by atoms with Crippen LogP contribution in [0.4, 0.5) is 0 Å². The molecule has 0 bridgehead atoms. The van der Waals surface area contributed by atoms with Gasteiger partial charge in [-0.2, -0.15) is 0 Å². The molecule has 0 aliphatic carbocycles. The Bertz CT molecular complexity index is 570. The van der Waals surface area contributed by atoms with Crippen molar-refractivity contribution in [1.29, 1.82) is 0 Å². The Morgan fingerprint density at radius 3 is 1.57 bits per heavy atom. The molecule has 0 atom stereocenters. The summed E-state index contributed by atoms with van der Waals surface area (Å²) in [6, 6.07) is 6.30. The highest BCUT2D eigenvalue weighted by Crippen LogP contribution is 2.65. The summed E-state index contributed by atoms with van der Waals surface area (Å²) in [5.74, 6) is 0. The summed E-state index contributed by atoms with van der Waals surface area (Å²) < 4.78 is -9.04. The Balaban J connectivity index is 3.47. The minimum Gasteiger partial charge on any atom is -0.386 e. The lowest BCUT2D eigenvalue weighted by Crippen LogP contribution is -2.54. The van der Waals surface area contributed by atoms with Crippen LogP contribution in [0.2, 0.25) is 0 Å². The van der Waals surface area contributed by atoms with Gasteiger partial charge in [0.05, 0.1) is 5.60 Å². The van der Waals surface area contributed by atoms with E-state index in [0.29, 0.717) is 5.56 Å². The highest BCUT2D eigenvalue weighted by molar-refractivity contribution is 6.80. The summed E-state index contributed by atoms with van der Waals surface area (Å²) in [5, 5.41) is 10.1. The van der Waals surface area contributed by atoms with Gasteiger partial charge in [-0.1, -0.05) is 123 Å². The van der Waals surface area contributed by atoms with Crippen molar-refractivity contribution in [2.45, 2.75) is 36.2 Å². The molecular weight excluding hydrogens is 491 g/mol. The van der Waals surface area contributed by atoms with E-state index in [1.54, 1.807) is 26.0 Å². The third-order valence-corrected chi connectivity index (χ3v) is 8.55. The predicted octanol–water partition coefficient (Wildman–Crippen LogP) is 7.26. The summed E-state index contributed by atoms with van der Waals surface area (Å²) in [4.78, 5) is 0. The molecule has 0 saturated carbocycles. The summed E-state index contributed by atoms with van der Waals surface area (Å²) in [5.41, 5.74) is -0.436. The second-order valence-corrected chi connectivity index (χ2v) is 11.6. The quantitative estimate of drug-likeness (QED) is 0.430. The largest absolute Gasteiger partial charge is 0.386 e. The number of rotatable bonds is 4. The van der Waals surface area contributed by atoms with Gasteiger partial charge < -0.3 is 5.11 Å². The van der Waals surface area contributed by atoms with Crippen LogP contribution in [0.15, 0.2) is 24.3 Å². The molecule has 0 unspecified atom stereocenters. The van der Waals surface area contributed by atoms with Crippen molar-refractivity contribution in [3.8, 4) is 0 Å². The minimum atomic E-state index is -2.36. The van der Waals surface area contributed by atoms with E-state index in [4.69, 9.17) is 104 Å². The summed E-state index contributed by atoms with van der Waals surface area (Å²) >= 11 is 54.5. The van der Waals surface area contributed by atoms with Crippen LogP contribution in [-0.2, 0) is 9.93 Å². The van der Waals surface area contributed by atoms with Crippen LogP contribution in [0.5, 0.6) is 0 Å². The number of benzene rings is 1. The molecule has 1 N–H and O–H groups in total. The lowest BCUT2D eigenvalue weighted by atomic mass is 9.94. The second kappa shape index (κ2) is 7.08. The first-order chi connectivity index (χ1) is 9.96. The van der Waals surface area contributed by atoms with E-state index in [-0.39, 0.29) is 5.56 Å². The highest BCUT2D eigenvalue weighted by Gasteiger charge is 2.68. The van der Waals surface area contributed by atoms with Crippen LogP contribution in [0.3, 0.4) is 0 Å². The van der Waals surface area contributed by atoms with E-state index in [9.17, 15) is 5.11 Å². The van der Waals surface area contributed by atoms with E-state index in [0.717, 1.165) is 0 Å². The normalized spacial score (nSPS) is 15.0. The van der Waals surface area contributed by atoms with Crippen LogP contribution in [0, 0.1) is 0 Å². The van der Waals surface area contributed by atoms with Crippen LogP contribution in [0.1, 0.15) is 25.0 Å². The topological polar surface area (TPSA) is 20.2 Å². The summed E-state index contributed by atoms with van der Waals surface area (Å²) in [6.07, 6.45) is 0. The molecule has 1 rings (SSSR count). The predicted molar refractivity (Wildman–Crippen MR) is 104 cm³/mol. The molecule has 0 fully saturated rings. The first-order valence-electron chi connectivity index (χ1n) is 6.00. The Labute approximate surface area is 180 Å². The molecule has 132 valence electrons. The maximum atomic E-state index is 10.1. The Morgan fingerprint density at radius 1 is 0.739 bits per heavy atom. The number of alkyl halides is 9. The second-order valence-electron chi connectivity index (χ2n) is 5.36. The average Bonchev–Trinajstić information content (AvgIpc) is 2.36. The first kappa shape index (κ1) is 22.8. The van der Waals surface area contributed by atoms with Crippen molar-refractivity contribution in [2.75, 3.05) is 0 Å². The van der Waals surface area contributed by atoms with Gasteiger partial charge in [-0.3, -0.25) is 0 Å². The Morgan fingerprint density at radius 2 is 1.17 bits per heavy atom. The third-order valence-electron chi connectivity index (χ3n) is 3.08. The average molecular weight is 502 g/mol. The van der Waals surface area contributed by atoms with Crippen molar-refractivity contribution < 1.29 is 5.11 Å². The van der Waals surface area contributed by atoms with Crippen molar-refractivity contribution in [3.05, 3.63) is 35.4 Å². The van der Waals surface area contributed by atoms with Crippen molar-refractivity contribution in [3.63, 3.8) is 0 Å². The highest BCUT2D eigenvalue weighted by atomic mass is 35.6. The standard InChI is InChI=1S/C13H11Cl9O/c1-9(2,23)7-4-3-5-8(6-7)10(14,15)11(16,17)12(18,19)13(20,21)22/h3-6,23H,1-2H3. The molecule has 0 aliphatic rings. The molecule has 23 heavy (non-hydrogen) atoms. The van der Waals surface area contributed by atoms with Crippen LogP contribution >= 0.6 is 104 Å². The van der Waals surface area contributed by atoms with E-state index in [1.165, 1.54) is 12.1 Å². The number of halogens is 9. The minimum absolute atomic E-state index is 0.213.